The lowest BCUT2D eigenvalue weighted by Crippen LogP contribution is -2.22. The van der Waals surface area contributed by atoms with Gasteiger partial charge in [0, 0.05) is 30.4 Å². The van der Waals surface area contributed by atoms with Gasteiger partial charge in [0.25, 0.3) is 0 Å². The molecule has 1 aliphatic rings. The predicted octanol–water partition coefficient (Wildman–Crippen LogP) is 3.91. The van der Waals surface area contributed by atoms with E-state index in [2.05, 4.69) is 19.6 Å². The molecule has 0 saturated carbocycles. The molecule has 0 N–H and O–H groups in total. The van der Waals surface area contributed by atoms with Crippen LogP contribution in [-0.4, -0.2) is 19.6 Å². The Morgan fingerprint density at radius 3 is 1.83 bits per heavy atom. The fourth-order valence-corrected chi connectivity index (χ4v) is 3.49. The van der Waals surface area contributed by atoms with Crippen molar-refractivity contribution in [3.63, 3.8) is 0 Å². The highest BCUT2D eigenvalue weighted by atomic mass is 28.3. The molecule has 0 aliphatic heterocycles. The smallest absolute Gasteiger partial charge is 0.185 e. The zero-order chi connectivity index (χ0) is 14.1. The second-order valence-electron chi connectivity index (χ2n) is 6.43. The van der Waals surface area contributed by atoms with E-state index in [1.807, 2.05) is 0 Å². The summed E-state index contributed by atoms with van der Waals surface area (Å²) >= 11 is 0. The third-order valence-corrected chi connectivity index (χ3v) is 5.52. The summed E-state index contributed by atoms with van der Waals surface area (Å²) in [5.41, 5.74) is 2.67. The summed E-state index contributed by atoms with van der Waals surface area (Å²) in [6.45, 7) is 12.3. The average Bonchev–Trinajstić information content (AvgIpc) is 2.27. The summed E-state index contributed by atoms with van der Waals surface area (Å²) in [6, 6.07) is 1.20. The Morgan fingerprint density at radius 1 is 0.833 bits per heavy atom. The molecule has 0 aromatic rings. The Morgan fingerprint density at radius 2 is 1.33 bits per heavy atom. The molecule has 100 valence electrons. The third-order valence-electron chi connectivity index (χ3n) is 3.66. The van der Waals surface area contributed by atoms with E-state index in [0.29, 0.717) is 16.7 Å². The SMILES string of the molecule is CC1=C(C)C(=O)C(CCC[Si](C)(C)C)=C(C)C1=O. The Kier molecular flexibility index (Phi) is 4.49. The van der Waals surface area contributed by atoms with Crippen LogP contribution < -0.4 is 0 Å². The summed E-state index contributed by atoms with van der Waals surface area (Å²) in [5, 5.41) is 0. The summed E-state index contributed by atoms with van der Waals surface area (Å²) in [7, 11) is -1.06. The van der Waals surface area contributed by atoms with Crippen molar-refractivity contribution in [1.29, 1.82) is 0 Å². The maximum absolute atomic E-state index is 12.2. The first-order valence-corrected chi connectivity index (χ1v) is 10.3. The van der Waals surface area contributed by atoms with Crippen molar-refractivity contribution >= 4 is 19.6 Å². The zero-order valence-electron chi connectivity index (χ0n) is 12.4. The number of carbonyl (C=O) groups excluding carboxylic acids is 2. The molecule has 0 atom stereocenters. The van der Waals surface area contributed by atoms with Crippen LogP contribution >= 0.6 is 0 Å². The molecule has 0 unspecified atom stereocenters. The highest BCUT2D eigenvalue weighted by molar-refractivity contribution is 6.76. The zero-order valence-corrected chi connectivity index (χ0v) is 13.4. The molecule has 0 saturated heterocycles. The minimum absolute atomic E-state index is 0.0510. The van der Waals surface area contributed by atoms with Crippen molar-refractivity contribution in [3.8, 4) is 0 Å². The lowest BCUT2D eigenvalue weighted by molar-refractivity contribution is -0.116. The van der Waals surface area contributed by atoms with Gasteiger partial charge < -0.3 is 0 Å². The predicted molar refractivity (Wildman–Crippen MR) is 78.5 cm³/mol. The summed E-state index contributed by atoms with van der Waals surface area (Å²) in [5.74, 6) is 0.135. The minimum atomic E-state index is -1.06. The Bertz CT molecular complexity index is 448. The van der Waals surface area contributed by atoms with Gasteiger partial charge in [-0.1, -0.05) is 32.1 Å². The summed E-state index contributed by atoms with van der Waals surface area (Å²) in [4.78, 5) is 24.2. The number of rotatable bonds is 4. The fraction of sp³-hybridized carbons (Fsp3) is 0.600. The van der Waals surface area contributed by atoms with E-state index in [9.17, 15) is 9.59 Å². The Balaban J connectivity index is 2.83. The van der Waals surface area contributed by atoms with E-state index in [1.54, 1.807) is 20.8 Å². The van der Waals surface area contributed by atoms with Crippen molar-refractivity contribution in [2.24, 2.45) is 0 Å². The normalized spacial score (nSPS) is 17.9. The number of hydrogen-bond acceptors (Lipinski definition) is 2. The van der Waals surface area contributed by atoms with Crippen molar-refractivity contribution in [2.75, 3.05) is 0 Å². The lowest BCUT2D eigenvalue weighted by Gasteiger charge is -2.20. The summed E-state index contributed by atoms with van der Waals surface area (Å²) in [6.07, 6.45) is 1.78. The number of Topliss-reactive ketones (excluding diaryl/α,β-unsaturated/α-hetero) is 2. The highest BCUT2D eigenvalue weighted by Gasteiger charge is 2.27. The Labute approximate surface area is 111 Å². The molecule has 2 nitrogen and oxygen atoms in total. The van der Waals surface area contributed by atoms with E-state index in [-0.39, 0.29) is 11.6 Å². The molecule has 0 bridgehead atoms. The first-order valence-electron chi connectivity index (χ1n) is 6.62. The molecule has 0 spiro atoms. The minimum Gasteiger partial charge on any atom is -0.289 e. The highest BCUT2D eigenvalue weighted by Crippen LogP contribution is 2.28. The van der Waals surface area contributed by atoms with E-state index in [1.165, 1.54) is 6.04 Å². The maximum Gasteiger partial charge on any atom is 0.185 e. The molecule has 0 amide bonds. The van der Waals surface area contributed by atoms with Gasteiger partial charge in [-0.2, -0.15) is 0 Å². The largest absolute Gasteiger partial charge is 0.289 e. The maximum atomic E-state index is 12.2. The van der Waals surface area contributed by atoms with Crippen molar-refractivity contribution in [1.82, 2.24) is 0 Å². The van der Waals surface area contributed by atoms with Crippen molar-refractivity contribution < 1.29 is 9.59 Å². The number of carbonyl (C=O) groups is 2. The second-order valence-corrected chi connectivity index (χ2v) is 12.0. The van der Waals surface area contributed by atoms with Crippen LogP contribution in [0.25, 0.3) is 0 Å². The van der Waals surface area contributed by atoms with Gasteiger partial charge in [0.2, 0.25) is 0 Å². The van der Waals surface area contributed by atoms with E-state index >= 15 is 0 Å². The monoisotopic (exact) mass is 264 g/mol. The summed E-state index contributed by atoms with van der Waals surface area (Å²) < 4.78 is 0. The Hall–Kier alpha value is -0.963. The quantitative estimate of drug-likeness (QED) is 0.570. The van der Waals surface area contributed by atoms with E-state index < -0.39 is 8.07 Å². The first-order chi connectivity index (χ1) is 8.15. The van der Waals surface area contributed by atoms with Crippen molar-refractivity contribution in [3.05, 3.63) is 22.3 Å². The molecule has 18 heavy (non-hydrogen) atoms. The van der Waals surface area contributed by atoms with Gasteiger partial charge in [-0.25, -0.2) is 0 Å². The fourth-order valence-electron chi connectivity index (χ4n) is 2.25. The van der Waals surface area contributed by atoms with Crippen LogP contribution in [0.1, 0.15) is 33.6 Å². The van der Waals surface area contributed by atoms with E-state index in [0.717, 1.165) is 18.4 Å². The van der Waals surface area contributed by atoms with Gasteiger partial charge in [0.1, 0.15) is 0 Å². The molecule has 0 radical (unpaired) electrons. The van der Waals surface area contributed by atoms with Crippen LogP contribution in [0, 0.1) is 0 Å². The molecular weight excluding hydrogens is 240 g/mol. The van der Waals surface area contributed by atoms with Crippen LogP contribution in [0.4, 0.5) is 0 Å². The van der Waals surface area contributed by atoms with Gasteiger partial charge in [-0.15, -0.1) is 0 Å². The van der Waals surface area contributed by atoms with Crippen molar-refractivity contribution in [2.45, 2.75) is 59.3 Å². The van der Waals surface area contributed by atoms with Gasteiger partial charge in [0.05, 0.1) is 0 Å². The third kappa shape index (κ3) is 3.28. The molecule has 0 aromatic heterocycles. The first kappa shape index (κ1) is 15.1. The van der Waals surface area contributed by atoms with Gasteiger partial charge in [0.15, 0.2) is 11.6 Å². The topological polar surface area (TPSA) is 34.1 Å². The van der Waals surface area contributed by atoms with Crippen LogP contribution in [0.3, 0.4) is 0 Å². The average molecular weight is 264 g/mol. The molecule has 0 fully saturated rings. The second kappa shape index (κ2) is 5.35. The molecule has 0 aromatic carbocycles. The van der Waals surface area contributed by atoms with E-state index in [4.69, 9.17) is 0 Å². The van der Waals surface area contributed by atoms with Crippen LogP contribution in [0.2, 0.25) is 25.7 Å². The number of allylic oxidation sites excluding steroid dienone is 4. The molecule has 0 heterocycles. The molecule has 1 aliphatic carbocycles. The lowest BCUT2D eigenvalue weighted by atomic mass is 9.84. The van der Waals surface area contributed by atoms with Crippen LogP contribution in [0.15, 0.2) is 22.3 Å². The number of hydrogen-bond donors (Lipinski definition) is 0. The standard InChI is InChI=1S/C15H24O2Si/c1-10-11(2)15(17)13(12(3)14(10)16)8-7-9-18(4,5)6/h7-9H2,1-6H3. The molecule has 3 heteroatoms. The molecule has 1 rings (SSSR count). The van der Waals surface area contributed by atoms with Gasteiger partial charge in [-0.05, 0) is 27.2 Å². The molecular formula is C15H24O2Si. The number of ketones is 2. The van der Waals surface area contributed by atoms with Crippen LogP contribution in [-0.2, 0) is 9.59 Å². The van der Waals surface area contributed by atoms with Gasteiger partial charge in [-0.3, -0.25) is 9.59 Å². The van der Waals surface area contributed by atoms with Gasteiger partial charge >= 0.3 is 0 Å². The van der Waals surface area contributed by atoms with Crippen LogP contribution in [0.5, 0.6) is 0 Å².